The summed E-state index contributed by atoms with van der Waals surface area (Å²) in [6, 6.07) is 0. The van der Waals surface area contributed by atoms with Gasteiger partial charge in [0, 0.05) is 26.3 Å². The molecular formula is C22H36N2O6. The van der Waals surface area contributed by atoms with E-state index in [1.54, 1.807) is 6.08 Å². The zero-order valence-corrected chi connectivity index (χ0v) is 17.9. The molecule has 1 aliphatic carbocycles. The van der Waals surface area contributed by atoms with Crippen molar-refractivity contribution < 1.29 is 28.5 Å². The third kappa shape index (κ3) is 7.98. The van der Waals surface area contributed by atoms with Crippen molar-refractivity contribution in [2.75, 3.05) is 52.7 Å². The van der Waals surface area contributed by atoms with Crippen LogP contribution in [-0.2, 0) is 28.5 Å². The Kier molecular flexibility index (Phi) is 9.58. The molecule has 2 N–H and O–H groups in total. The van der Waals surface area contributed by atoms with Gasteiger partial charge in [-0.25, -0.2) is 0 Å². The smallest absolute Gasteiger partial charge is 0.239 e. The molecule has 8 nitrogen and oxygen atoms in total. The minimum atomic E-state index is -1.09. The standard InChI is InChI=1S/C22H36N2O6/c25-20(23-10-4-6-12-27-14-18-16-29-18)22(8-2-1-3-9-22)21(26)24-11-5-7-13-28-15-19-17-30-19/h2,8,18-19H,1,3-7,9-17H2,(H,23,25)(H,24,26). The second-order valence-electron chi connectivity index (χ2n) is 8.25. The number of hydrogen-bond donors (Lipinski definition) is 2. The van der Waals surface area contributed by atoms with Gasteiger partial charge in [-0.2, -0.15) is 0 Å². The third-order valence-electron chi connectivity index (χ3n) is 5.57. The van der Waals surface area contributed by atoms with E-state index >= 15 is 0 Å². The molecular weight excluding hydrogens is 388 g/mol. The van der Waals surface area contributed by atoms with Crippen molar-refractivity contribution in [3.8, 4) is 0 Å². The predicted molar refractivity (Wildman–Crippen MR) is 111 cm³/mol. The maximum Gasteiger partial charge on any atom is 0.239 e. The van der Waals surface area contributed by atoms with Crippen LogP contribution in [0.5, 0.6) is 0 Å². The quantitative estimate of drug-likeness (QED) is 0.168. The lowest BCUT2D eigenvalue weighted by Gasteiger charge is -2.30. The molecule has 0 saturated carbocycles. The monoisotopic (exact) mass is 424 g/mol. The first-order valence-electron chi connectivity index (χ1n) is 11.3. The summed E-state index contributed by atoms with van der Waals surface area (Å²) in [5, 5.41) is 5.92. The molecule has 2 aliphatic heterocycles. The minimum absolute atomic E-state index is 0.198. The van der Waals surface area contributed by atoms with Gasteiger partial charge >= 0.3 is 0 Å². The van der Waals surface area contributed by atoms with E-state index in [-0.39, 0.29) is 24.0 Å². The van der Waals surface area contributed by atoms with E-state index in [1.165, 1.54) is 0 Å². The van der Waals surface area contributed by atoms with Crippen LogP contribution in [0.1, 0.15) is 44.9 Å². The average Bonchev–Trinajstić information content (AvgIpc) is 3.68. The molecule has 2 unspecified atom stereocenters. The molecule has 3 rings (SSSR count). The highest BCUT2D eigenvalue weighted by Gasteiger charge is 2.43. The van der Waals surface area contributed by atoms with Crippen LogP contribution in [0.15, 0.2) is 12.2 Å². The first-order chi connectivity index (χ1) is 14.7. The summed E-state index contributed by atoms with van der Waals surface area (Å²) in [6.07, 6.45) is 10.00. The van der Waals surface area contributed by atoms with Crippen LogP contribution in [0.2, 0.25) is 0 Å². The van der Waals surface area contributed by atoms with Crippen molar-refractivity contribution in [1.82, 2.24) is 10.6 Å². The first-order valence-corrected chi connectivity index (χ1v) is 11.3. The number of rotatable bonds is 16. The van der Waals surface area contributed by atoms with Crippen molar-refractivity contribution in [3.05, 3.63) is 12.2 Å². The van der Waals surface area contributed by atoms with Crippen LogP contribution in [-0.4, -0.2) is 76.8 Å². The Balaban J connectivity index is 1.30. The molecule has 3 aliphatic rings. The fraction of sp³-hybridized carbons (Fsp3) is 0.818. The molecule has 2 heterocycles. The summed E-state index contributed by atoms with van der Waals surface area (Å²) in [4.78, 5) is 25.8. The highest BCUT2D eigenvalue weighted by atomic mass is 16.6. The number of unbranched alkanes of at least 4 members (excludes halogenated alkanes) is 2. The van der Waals surface area contributed by atoms with Crippen molar-refractivity contribution in [3.63, 3.8) is 0 Å². The molecule has 0 spiro atoms. The highest BCUT2D eigenvalue weighted by Crippen LogP contribution is 2.32. The van der Waals surface area contributed by atoms with Gasteiger partial charge in [0.05, 0.1) is 26.4 Å². The van der Waals surface area contributed by atoms with Crippen LogP contribution in [0.4, 0.5) is 0 Å². The van der Waals surface area contributed by atoms with Gasteiger partial charge in [0.1, 0.15) is 17.6 Å². The van der Waals surface area contributed by atoms with Gasteiger partial charge in [-0.1, -0.05) is 12.2 Å². The number of epoxide rings is 2. The summed E-state index contributed by atoms with van der Waals surface area (Å²) >= 11 is 0. The van der Waals surface area contributed by atoms with E-state index in [9.17, 15) is 9.59 Å². The lowest BCUT2D eigenvalue weighted by Crippen LogP contribution is -2.51. The van der Waals surface area contributed by atoms with Crippen molar-refractivity contribution in [2.45, 2.75) is 57.2 Å². The third-order valence-corrected chi connectivity index (χ3v) is 5.57. The summed E-state index contributed by atoms with van der Waals surface area (Å²) in [5.74, 6) is -0.396. The predicted octanol–water partition coefficient (Wildman–Crippen LogP) is 1.34. The fourth-order valence-corrected chi connectivity index (χ4v) is 3.48. The number of ether oxygens (including phenoxy) is 4. The second-order valence-corrected chi connectivity index (χ2v) is 8.25. The molecule has 2 fully saturated rings. The molecule has 2 amide bonds. The van der Waals surface area contributed by atoms with Crippen LogP contribution >= 0.6 is 0 Å². The zero-order valence-electron chi connectivity index (χ0n) is 17.9. The molecule has 0 bridgehead atoms. The van der Waals surface area contributed by atoms with Crippen LogP contribution < -0.4 is 10.6 Å². The summed E-state index contributed by atoms with van der Waals surface area (Å²) < 4.78 is 21.2. The van der Waals surface area contributed by atoms with E-state index in [2.05, 4.69) is 10.6 Å². The van der Waals surface area contributed by atoms with Gasteiger partial charge in [0.25, 0.3) is 0 Å². The molecule has 0 aromatic carbocycles. The van der Waals surface area contributed by atoms with Crippen molar-refractivity contribution in [2.24, 2.45) is 5.41 Å². The van der Waals surface area contributed by atoms with E-state index < -0.39 is 5.41 Å². The van der Waals surface area contributed by atoms with Gasteiger partial charge in [-0.3, -0.25) is 9.59 Å². The number of nitrogens with one attached hydrogen (secondary N) is 2. The molecule has 2 atom stereocenters. The number of amides is 2. The van der Waals surface area contributed by atoms with E-state index in [1.807, 2.05) is 6.08 Å². The Labute approximate surface area is 179 Å². The van der Waals surface area contributed by atoms with E-state index in [4.69, 9.17) is 18.9 Å². The summed E-state index contributed by atoms with van der Waals surface area (Å²) in [5.41, 5.74) is -1.09. The fourth-order valence-electron chi connectivity index (χ4n) is 3.48. The topological polar surface area (TPSA) is 102 Å². The first kappa shape index (κ1) is 23.2. The molecule has 0 aromatic heterocycles. The minimum Gasteiger partial charge on any atom is -0.379 e. The Morgan fingerprint density at radius 3 is 1.87 bits per heavy atom. The van der Waals surface area contributed by atoms with Crippen LogP contribution in [0, 0.1) is 5.41 Å². The SMILES string of the molecule is O=C(NCCCCOCC1CO1)C1(C(=O)NCCCCOCC2CO2)C=CCCC1. The van der Waals surface area contributed by atoms with E-state index in [0.717, 1.165) is 51.7 Å². The highest BCUT2D eigenvalue weighted by molar-refractivity contribution is 6.07. The molecule has 0 radical (unpaired) electrons. The number of carbonyl (C=O) groups excluding carboxylic acids is 2. The van der Waals surface area contributed by atoms with Gasteiger partial charge in [-0.05, 0) is 44.9 Å². The number of allylic oxidation sites excluding steroid dienone is 1. The van der Waals surface area contributed by atoms with Gasteiger partial charge in [-0.15, -0.1) is 0 Å². The van der Waals surface area contributed by atoms with Crippen molar-refractivity contribution >= 4 is 11.8 Å². The summed E-state index contributed by atoms with van der Waals surface area (Å²) in [6.45, 7) is 5.34. The molecule has 0 aromatic rings. The van der Waals surface area contributed by atoms with Crippen LogP contribution in [0.3, 0.4) is 0 Å². The lowest BCUT2D eigenvalue weighted by molar-refractivity contribution is -0.141. The van der Waals surface area contributed by atoms with E-state index in [0.29, 0.717) is 45.9 Å². The molecule has 170 valence electrons. The zero-order chi connectivity index (χ0) is 21.1. The molecule has 2 saturated heterocycles. The Morgan fingerprint density at radius 1 is 0.900 bits per heavy atom. The maximum absolute atomic E-state index is 12.9. The Morgan fingerprint density at radius 2 is 1.43 bits per heavy atom. The van der Waals surface area contributed by atoms with Gasteiger partial charge < -0.3 is 29.6 Å². The normalized spacial score (nSPS) is 26.9. The maximum atomic E-state index is 12.9. The Bertz CT molecular complexity index is 536. The van der Waals surface area contributed by atoms with Gasteiger partial charge in [0.2, 0.25) is 11.8 Å². The largest absolute Gasteiger partial charge is 0.379 e. The number of hydrogen-bond acceptors (Lipinski definition) is 6. The second kappa shape index (κ2) is 12.4. The summed E-state index contributed by atoms with van der Waals surface area (Å²) in [7, 11) is 0. The molecule has 8 heteroatoms. The van der Waals surface area contributed by atoms with Crippen molar-refractivity contribution in [1.29, 1.82) is 0 Å². The average molecular weight is 425 g/mol. The number of carbonyl (C=O) groups is 2. The Hall–Kier alpha value is -1.48. The lowest BCUT2D eigenvalue weighted by atomic mass is 9.77. The molecule has 30 heavy (non-hydrogen) atoms. The van der Waals surface area contributed by atoms with Crippen LogP contribution in [0.25, 0.3) is 0 Å². The van der Waals surface area contributed by atoms with Gasteiger partial charge in [0.15, 0.2) is 0 Å².